The van der Waals surface area contributed by atoms with E-state index in [4.69, 9.17) is 0 Å². The minimum Gasteiger partial charge on any atom is -0.332 e. The number of amides is 3. The molecule has 0 spiro atoms. The predicted molar refractivity (Wildman–Crippen MR) is 89.3 cm³/mol. The van der Waals surface area contributed by atoms with Gasteiger partial charge in [-0.2, -0.15) is 0 Å². The number of nitrogens with zero attached hydrogens (tertiary/aromatic N) is 3. The molecule has 8 heteroatoms. The van der Waals surface area contributed by atoms with Crippen LogP contribution in [-0.2, 0) is 11.3 Å². The second-order valence-electron chi connectivity index (χ2n) is 5.70. The molecule has 2 heterocycles. The first-order valence-electron chi connectivity index (χ1n) is 7.93. The molecule has 2 N–H and O–H groups in total. The van der Waals surface area contributed by atoms with Gasteiger partial charge in [0.1, 0.15) is 17.7 Å². The van der Waals surface area contributed by atoms with Crippen molar-refractivity contribution >= 4 is 17.6 Å². The van der Waals surface area contributed by atoms with Crippen LogP contribution in [0.1, 0.15) is 17.9 Å². The van der Waals surface area contributed by atoms with Crippen LogP contribution in [0.3, 0.4) is 0 Å². The molecule has 1 aromatic carbocycles. The van der Waals surface area contributed by atoms with Gasteiger partial charge in [0.05, 0.1) is 17.9 Å². The molecule has 2 aromatic rings. The van der Waals surface area contributed by atoms with Gasteiger partial charge in [0.25, 0.3) is 0 Å². The number of halogens is 1. The van der Waals surface area contributed by atoms with Gasteiger partial charge in [0.15, 0.2) is 0 Å². The van der Waals surface area contributed by atoms with Crippen LogP contribution in [0.4, 0.5) is 14.9 Å². The molecule has 0 aliphatic carbocycles. The summed E-state index contributed by atoms with van der Waals surface area (Å²) < 4.78 is 13.8. The van der Waals surface area contributed by atoms with E-state index in [1.807, 2.05) is 0 Å². The number of urea groups is 1. The Morgan fingerprint density at radius 1 is 1.36 bits per heavy atom. The average molecular weight is 343 g/mol. The molecule has 1 atom stereocenters. The van der Waals surface area contributed by atoms with Crippen molar-refractivity contribution in [2.45, 2.75) is 25.9 Å². The van der Waals surface area contributed by atoms with Crippen LogP contribution in [0, 0.1) is 12.7 Å². The van der Waals surface area contributed by atoms with E-state index >= 15 is 0 Å². The fourth-order valence-electron chi connectivity index (χ4n) is 2.71. The van der Waals surface area contributed by atoms with Crippen molar-refractivity contribution in [2.75, 3.05) is 11.4 Å². The van der Waals surface area contributed by atoms with Crippen LogP contribution in [0.25, 0.3) is 0 Å². The lowest BCUT2D eigenvalue weighted by molar-refractivity contribution is -0.118. The third-order valence-corrected chi connectivity index (χ3v) is 3.92. The minimum atomic E-state index is -0.674. The number of anilines is 1. The van der Waals surface area contributed by atoms with E-state index in [0.29, 0.717) is 24.5 Å². The topological polar surface area (TPSA) is 87.2 Å². The van der Waals surface area contributed by atoms with Crippen LogP contribution in [0.15, 0.2) is 36.5 Å². The summed E-state index contributed by atoms with van der Waals surface area (Å²) in [5, 5.41) is 5.28. The van der Waals surface area contributed by atoms with Crippen molar-refractivity contribution in [3.05, 3.63) is 53.9 Å². The Kier molecular flexibility index (Phi) is 4.87. The van der Waals surface area contributed by atoms with Crippen LogP contribution in [0.2, 0.25) is 0 Å². The number of para-hydroxylation sites is 1. The van der Waals surface area contributed by atoms with Crippen LogP contribution >= 0.6 is 0 Å². The molecule has 25 heavy (non-hydrogen) atoms. The summed E-state index contributed by atoms with van der Waals surface area (Å²) in [7, 11) is 0. The second-order valence-corrected chi connectivity index (χ2v) is 5.70. The van der Waals surface area contributed by atoms with Gasteiger partial charge in [0.2, 0.25) is 5.91 Å². The van der Waals surface area contributed by atoms with E-state index in [1.165, 1.54) is 11.0 Å². The molecule has 1 aliphatic heterocycles. The van der Waals surface area contributed by atoms with Gasteiger partial charge in [-0.1, -0.05) is 12.1 Å². The van der Waals surface area contributed by atoms with E-state index in [9.17, 15) is 14.0 Å². The van der Waals surface area contributed by atoms with Crippen molar-refractivity contribution in [1.82, 2.24) is 20.6 Å². The third kappa shape index (κ3) is 3.90. The quantitative estimate of drug-likeness (QED) is 0.881. The van der Waals surface area contributed by atoms with Crippen molar-refractivity contribution in [3.63, 3.8) is 0 Å². The minimum absolute atomic E-state index is 0.229. The number of aryl methyl sites for hydroxylation is 1. The fourth-order valence-corrected chi connectivity index (χ4v) is 2.71. The first kappa shape index (κ1) is 16.8. The molecule has 3 amide bonds. The molecule has 1 saturated heterocycles. The highest BCUT2D eigenvalue weighted by Crippen LogP contribution is 2.24. The number of rotatable bonds is 4. The Hall–Kier alpha value is -3.03. The largest absolute Gasteiger partial charge is 0.332 e. The number of hydrogen-bond acceptors (Lipinski definition) is 4. The molecule has 0 bridgehead atoms. The summed E-state index contributed by atoms with van der Waals surface area (Å²) in [5.41, 5.74) is 0.905. The maximum absolute atomic E-state index is 13.8. The first-order chi connectivity index (χ1) is 12.0. The van der Waals surface area contributed by atoms with Crippen molar-refractivity contribution in [2.24, 2.45) is 0 Å². The van der Waals surface area contributed by atoms with Gasteiger partial charge in [-0.15, -0.1) is 0 Å². The molecular formula is C17H18FN5O2. The molecule has 1 aliphatic rings. The molecule has 1 fully saturated rings. The highest BCUT2D eigenvalue weighted by molar-refractivity contribution is 6.01. The summed E-state index contributed by atoms with van der Waals surface area (Å²) in [4.78, 5) is 33.9. The third-order valence-electron chi connectivity index (χ3n) is 3.92. The summed E-state index contributed by atoms with van der Waals surface area (Å²) in [6, 6.07) is 6.65. The predicted octanol–water partition coefficient (Wildman–Crippen LogP) is 1.53. The van der Waals surface area contributed by atoms with Gasteiger partial charge < -0.3 is 15.5 Å². The highest BCUT2D eigenvalue weighted by Gasteiger charge is 2.34. The summed E-state index contributed by atoms with van der Waals surface area (Å²) in [5.74, 6) is -0.163. The number of benzene rings is 1. The monoisotopic (exact) mass is 343 g/mol. The number of carbonyl (C=O) groups excluding carboxylic acids is 2. The fraction of sp³-hybridized carbons (Fsp3) is 0.294. The highest BCUT2D eigenvalue weighted by atomic mass is 19.1. The normalized spacial score (nSPS) is 16.8. The Bertz CT molecular complexity index is 798. The maximum Gasteiger partial charge on any atom is 0.315 e. The van der Waals surface area contributed by atoms with E-state index in [0.717, 1.165) is 0 Å². The van der Waals surface area contributed by atoms with Crippen molar-refractivity contribution in [1.29, 1.82) is 0 Å². The Morgan fingerprint density at radius 3 is 2.92 bits per heavy atom. The number of aromatic nitrogens is 2. The van der Waals surface area contributed by atoms with Gasteiger partial charge in [-0.3, -0.25) is 4.79 Å². The standard InChI is InChI=1S/C17H18FN5O2/c1-11-19-8-6-12(21-11)10-20-17(25)22-14-7-9-23(16(14)24)15-5-3-2-4-13(15)18/h2-6,8,14H,7,9-10H2,1H3,(H2,20,22,25)/t14-/m0/s1. The molecule has 0 saturated carbocycles. The van der Waals surface area contributed by atoms with Crippen LogP contribution in [0.5, 0.6) is 0 Å². The molecule has 3 rings (SSSR count). The SMILES string of the molecule is Cc1nccc(CNC(=O)N[C@H]2CCN(c3ccccc3F)C2=O)n1. The summed E-state index contributed by atoms with van der Waals surface area (Å²) in [6.07, 6.45) is 2.04. The van der Waals surface area contributed by atoms with Crippen molar-refractivity contribution < 1.29 is 14.0 Å². The van der Waals surface area contributed by atoms with E-state index in [1.54, 1.807) is 37.4 Å². The van der Waals surface area contributed by atoms with Crippen LogP contribution < -0.4 is 15.5 Å². The lowest BCUT2D eigenvalue weighted by atomic mass is 10.2. The molecule has 0 radical (unpaired) electrons. The number of nitrogens with one attached hydrogen (secondary N) is 2. The van der Waals surface area contributed by atoms with Gasteiger partial charge >= 0.3 is 6.03 Å². The summed E-state index contributed by atoms with van der Waals surface area (Å²) in [6.45, 7) is 2.35. The zero-order valence-electron chi connectivity index (χ0n) is 13.7. The molecular weight excluding hydrogens is 325 g/mol. The van der Waals surface area contributed by atoms with Gasteiger partial charge in [-0.25, -0.2) is 19.2 Å². The summed E-state index contributed by atoms with van der Waals surface area (Å²) >= 11 is 0. The zero-order valence-corrected chi connectivity index (χ0v) is 13.7. The molecule has 130 valence electrons. The number of hydrogen-bond donors (Lipinski definition) is 2. The smallest absolute Gasteiger partial charge is 0.315 e. The Labute approximate surface area is 144 Å². The Balaban J connectivity index is 1.56. The lowest BCUT2D eigenvalue weighted by Crippen LogP contribution is -2.46. The van der Waals surface area contributed by atoms with E-state index in [2.05, 4.69) is 20.6 Å². The zero-order chi connectivity index (χ0) is 17.8. The first-order valence-corrected chi connectivity index (χ1v) is 7.93. The van der Waals surface area contributed by atoms with E-state index < -0.39 is 17.9 Å². The molecule has 0 unspecified atom stereocenters. The average Bonchev–Trinajstić information content (AvgIpc) is 2.94. The van der Waals surface area contributed by atoms with E-state index in [-0.39, 0.29) is 18.1 Å². The van der Waals surface area contributed by atoms with Crippen molar-refractivity contribution in [3.8, 4) is 0 Å². The molecule has 1 aromatic heterocycles. The van der Waals surface area contributed by atoms with Gasteiger partial charge in [0, 0.05) is 12.7 Å². The number of carbonyl (C=O) groups is 2. The van der Waals surface area contributed by atoms with Crippen LogP contribution in [-0.4, -0.2) is 34.5 Å². The lowest BCUT2D eigenvalue weighted by Gasteiger charge is -2.18. The second kappa shape index (κ2) is 7.25. The van der Waals surface area contributed by atoms with Gasteiger partial charge in [-0.05, 0) is 31.5 Å². The Morgan fingerprint density at radius 2 is 2.16 bits per heavy atom. The maximum atomic E-state index is 13.8. The molecule has 7 nitrogen and oxygen atoms in total.